The summed E-state index contributed by atoms with van der Waals surface area (Å²) in [5, 5.41) is 11.9. The molecule has 0 spiro atoms. The normalized spacial score (nSPS) is 11.6. The highest BCUT2D eigenvalue weighted by Crippen LogP contribution is 2.03. The van der Waals surface area contributed by atoms with Gasteiger partial charge in [-0.15, -0.1) is 0 Å². The number of carbonyl (C=O) groups is 2. The van der Waals surface area contributed by atoms with E-state index in [1.54, 1.807) is 0 Å². The van der Waals surface area contributed by atoms with Gasteiger partial charge < -0.3 is 25.8 Å². The van der Waals surface area contributed by atoms with Gasteiger partial charge in [0.1, 0.15) is 6.61 Å². The molecule has 24 heavy (non-hydrogen) atoms. The number of carbonyl (C=O) groups excluding carboxylic acids is 1. The van der Waals surface area contributed by atoms with Gasteiger partial charge in [-0.25, -0.2) is 9.59 Å². The van der Waals surface area contributed by atoms with Gasteiger partial charge >= 0.3 is 12.2 Å². The molecule has 1 aromatic rings. The van der Waals surface area contributed by atoms with Crippen LogP contribution in [0.2, 0.25) is 0 Å². The van der Waals surface area contributed by atoms with Crippen LogP contribution in [0.25, 0.3) is 0 Å². The molecule has 0 aliphatic rings. The molecule has 0 aliphatic carbocycles. The molecule has 0 saturated heterocycles. The molecule has 7 heteroatoms. The zero-order chi connectivity index (χ0) is 17.8. The fourth-order valence-electron chi connectivity index (χ4n) is 2.14. The second kappa shape index (κ2) is 11.3. The summed E-state index contributed by atoms with van der Waals surface area (Å²) in [6.45, 7) is 3.40. The standard InChI is InChI=1S/C17H27N3O4/c1-14(9-12-20(17(22)23)11-6-5-10-18)19-16(21)24-13-15-7-3-2-4-8-15/h2-4,7-8,14H,5-6,9-13,18H2,1H3,(H,19,21)(H,22,23)/t14-/m1/s1. The number of hydrogen-bond donors (Lipinski definition) is 3. The zero-order valence-corrected chi connectivity index (χ0v) is 14.1. The van der Waals surface area contributed by atoms with E-state index in [1.807, 2.05) is 37.3 Å². The molecule has 1 rings (SSSR count). The lowest BCUT2D eigenvalue weighted by Crippen LogP contribution is -2.38. The lowest BCUT2D eigenvalue weighted by molar-refractivity contribution is 0.132. The molecule has 0 bridgehead atoms. The molecule has 0 aromatic heterocycles. The zero-order valence-electron chi connectivity index (χ0n) is 14.1. The average Bonchev–Trinajstić information content (AvgIpc) is 2.56. The highest BCUT2D eigenvalue weighted by atomic mass is 16.5. The maximum absolute atomic E-state index is 11.7. The van der Waals surface area contributed by atoms with E-state index >= 15 is 0 Å². The van der Waals surface area contributed by atoms with Crippen molar-refractivity contribution in [2.24, 2.45) is 5.73 Å². The van der Waals surface area contributed by atoms with Crippen molar-refractivity contribution in [1.82, 2.24) is 10.2 Å². The topological polar surface area (TPSA) is 105 Å². The largest absolute Gasteiger partial charge is 0.465 e. The maximum Gasteiger partial charge on any atom is 0.407 e. The minimum atomic E-state index is -0.953. The van der Waals surface area contributed by atoms with Gasteiger partial charge in [0.25, 0.3) is 0 Å². The highest BCUT2D eigenvalue weighted by molar-refractivity contribution is 5.67. The van der Waals surface area contributed by atoms with E-state index in [9.17, 15) is 9.59 Å². The Hall–Kier alpha value is -2.28. The molecule has 0 radical (unpaired) electrons. The van der Waals surface area contributed by atoms with Gasteiger partial charge in [-0.05, 0) is 38.3 Å². The molecule has 134 valence electrons. The number of nitrogens with two attached hydrogens (primary N) is 1. The van der Waals surface area contributed by atoms with Gasteiger partial charge in [0, 0.05) is 19.1 Å². The summed E-state index contributed by atoms with van der Waals surface area (Å²) in [4.78, 5) is 24.3. The Morgan fingerprint density at radius 1 is 1.25 bits per heavy atom. The van der Waals surface area contributed by atoms with Crippen LogP contribution in [0.1, 0.15) is 31.7 Å². The van der Waals surface area contributed by atoms with E-state index in [-0.39, 0.29) is 12.6 Å². The van der Waals surface area contributed by atoms with Crippen LogP contribution in [0.4, 0.5) is 9.59 Å². The van der Waals surface area contributed by atoms with E-state index in [2.05, 4.69) is 5.32 Å². The Morgan fingerprint density at radius 2 is 1.96 bits per heavy atom. The minimum Gasteiger partial charge on any atom is -0.465 e. The number of alkyl carbamates (subject to hydrolysis) is 1. The smallest absolute Gasteiger partial charge is 0.407 e. The van der Waals surface area contributed by atoms with Crippen molar-refractivity contribution in [3.05, 3.63) is 35.9 Å². The van der Waals surface area contributed by atoms with Crippen molar-refractivity contribution < 1.29 is 19.4 Å². The number of amides is 2. The molecular weight excluding hydrogens is 310 g/mol. The summed E-state index contributed by atoms with van der Waals surface area (Å²) in [7, 11) is 0. The third-order valence-electron chi connectivity index (χ3n) is 3.56. The molecular formula is C17H27N3O4. The van der Waals surface area contributed by atoms with Crippen LogP contribution in [0, 0.1) is 0 Å². The summed E-state index contributed by atoms with van der Waals surface area (Å²) in [5.74, 6) is 0. The van der Waals surface area contributed by atoms with Crippen molar-refractivity contribution in [2.45, 2.75) is 38.8 Å². The van der Waals surface area contributed by atoms with Gasteiger partial charge in [-0.1, -0.05) is 30.3 Å². The van der Waals surface area contributed by atoms with Gasteiger partial charge in [-0.3, -0.25) is 0 Å². The second-order valence-corrected chi connectivity index (χ2v) is 5.66. The lowest BCUT2D eigenvalue weighted by Gasteiger charge is -2.21. The first-order valence-electron chi connectivity index (χ1n) is 8.18. The quantitative estimate of drug-likeness (QED) is 0.569. The van der Waals surface area contributed by atoms with Crippen molar-refractivity contribution >= 4 is 12.2 Å². The Kier molecular flexibility index (Phi) is 9.29. The fourth-order valence-corrected chi connectivity index (χ4v) is 2.14. The molecule has 0 saturated carbocycles. The van der Waals surface area contributed by atoms with Crippen LogP contribution in [-0.2, 0) is 11.3 Å². The van der Waals surface area contributed by atoms with Crippen LogP contribution < -0.4 is 11.1 Å². The van der Waals surface area contributed by atoms with Crippen LogP contribution >= 0.6 is 0 Å². The lowest BCUT2D eigenvalue weighted by atomic mass is 10.2. The Labute approximate surface area is 142 Å². The third kappa shape index (κ3) is 8.38. The number of nitrogens with one attached hydrogen (secondary N) is 1. The third-order valence-corrected chi connectivity index (χ3v) is 3.56. The van der Waals surface area contributed by atoms with E-state index < -0.39 is 12.2 Å². The van der Waals surface area contributed by atoms with Crippen molar-refractivity contribution in [3.63, 3.8) is 0 Å². The second-order valence-electron chi connectivity index (χ2n) is 5.66. The van der Waals surface area contributed by atoms with E-state index in [0.717, 1.165) is 18.4 Å². The molecule has 0 unspecified atom stereocenters. The Morgan fingerprint density at radius 3 is 2.58 bits per heavy atom. The Bertz CT molecular complexity index is 496. The summed E-state index contributed by atoms with van der Waals surface area (Å²) in [6.07, 6.45) is 0.602. The van der Waals surface area contributed by atoms with Gasteiger partial charge in [0.05, 0.1) is 0 Å². The number of ether oxygens (including phenoxy) is 1. The minimum absolute atomic E-state index is 0.176. The number of nitrogens with zero attached hydrogens (tertiary/aromatic N) is 1. The number of benzene rings is 1. The van der Waals surface area contributed by atoms with Crippen molar-refractivity contribution in [2.75, 3.05) is 19.6 Å². The van der Waals surface area contributed by atoms with E-state index in [0.29, 0.717) is 26.1 Å². The van der Waals surface area contributed by atoms with Crippen LogP contribution in [0.3, 0.4) is 0 Å². The van der Waals surface area contributed by atoms with Gasteiger partial charge in [-0.2, -0.15) is 0 Å². The average molecular weight is 337 g/mol. The Balaban J connectivity index is 2.26. The number of unbranched alkanes of at least 4 members (excludes halogenated alkanes) is 1. The highest BCUT2D eigenvalue weighted by Gasteiger charge is 2.14. The SMILES string of the molecule is C[C@H](CCN(CCCCN)C(=O)O)NC(=O)OCc1ccccc1. The summed E-state index contributed by atoms with van der Waals surface area (Å²) in [5.41, 5.74) is 6.33. The van der Waals surface area contributed by atoms with Crippen molar-refractivity contribution in [1.29, 1.82) is 0 Å². The number of rotatable bonds is 10. The predicted octanol–water partition coefficient (Wildman–Crippen LogP) is 2.41. The van der Waals surface area contributed by atoms with Crippen LogP contribution in [-0.4, -0.2) is 47.9 Å². The number of carboxylic acid groups (broad SMARTS) is 1. The first kappa shape index (κ1) is 19.8. The maximum atomic E-state index is 11.7. The molecule has 7 nitrogen and oxygen atoms in total. The van der Waals surface area contributed by atoms with E-state index in [4.69, 9.17) is 15.6 Å². The first-order valence-corrected chi connectivity index (χ1v) is 8.18. The molecule has 1 atom stereocenters. The summed E-state index contributed by atoms with van der Waals surface area (Å²) < 4.78 is 5.14. The van der Waals surface area contributed by atoms with Crippen LogP contribution in [0.5, 0.6) is 0 Å². The van der Waals surface area contributed by atoms with Gasteiger partial charge in [0.2, 0.25) is 0 Å². The fraction of sp³-hybridized carbons (Fsp3) is 0.529. The number of hydrogen-bond acceptors (Lipinski definition) is 4. The first-order chi connectivity index (χ1) is 11.5. The molecule has 4 N–H and O–H groups in total. The monoisotopic (exact) mass is 337 g/mol. The van der Waals surface area contributed by atoms with Gasteiger partial charge in [0.15, 0.2) is 0 Å². The van der Waals surface area contributed by atoms with Crippen LogP contribution in [0.15, 0.2) is 30.3 Å². The summed E-state index contributed by atoms with van der Waals surface area (Å²) >= 11 is 0. The van der Waals surface area contributed by atoms with E-state index in [1.165, 1.54) is 4.90 Å². The summed E-state index contributed by atoms with van der Waals surface area (Å²) in [6, 6.07) is 9.23. The molecule has 2 amide bonds. The predicted molar refractivity (Wildman–Crippen MR) is 91.7 cm³/mol. The molecule has 0 fully saturated rings. The molecule has 0 aliphatic heterocycles. The van der Waals surface area contributed by atoms with Crippen molar-refractivity contribution in [3.8, 4) is 0 Å². The molecule has 1 aromatic carbocycles. The molecule has 0 heterocycles.